The monoisotopic (exact) mass is 255 g/mol. The summed E-state index contributed by atoms with van der Waals surface area (Å²) in [5, 5.41) is 6.80. The minimum Gasteiger partial charge on any atom is -0.379 e. The van der Waals surface area contributed by atoms with Gasteiger partial charge >= 0.3 is 0 Å². The summed E-state index contributed by atoms with van der Waals surface area (Å²) in [6.07, 6.45) is 0. The van der Waals surface area contributed by atoms with Gasteiger partial charge in [-0.05, 0) is 13.8 Å². The van der Waals surface area contributed by atoms with Crippen LogP contribution < -0.4 is 5.32 Å². The summed E-state index contributed by atoms with van der Waals surface area (Å²) in [6.45, 7) is 10.2. The lowest BCUT2D eigenvalue weighted by Crippen LogP contribution is -2.40. The van der Waals surface area contributed by atoms with E-state index in [1.54, 1.807) is 11.3 Å². The lowest BCUT2D eigenvalue weighted by Gasteiger charge is -2.27. The predicted molar refractivity (Wildman–Crippen MR) is 70.5 cm³/mol. The first-order chi connectivity index (χ1) is 8.25. The number of hydrogen-bond acceptors (Lipinski definition) is 5. The molecule has 1 saturated heterocycles. The number of hydrogen-bond donors (Lipinski definition) is 1. The predicted octanol–water partition coefficient (Wildman–Crippen LogP) is 1.43. The maximum absolute atomic E-state index is 5.33. The quantitative estimate of drug-likeness (QED) is 0.864. The fraction of sp³-hybridized carbons (Fsp3) is 0.750. The molecule has 1 fully saturated rings. The van der Waals surface area contributed by atoms with Crippen molar-refractivity contribution in [3.05, 3.63) is 16.1 Å². The van der Waals surface area contributed by atoms with Crippen LogP contribution in [0.2, 0.25) is 0 Å². The molecule has 0 radical (unpaired) electrons. The second-order valence-electron chi connectivity index (χ2n) is 4.42. The lowest BCUT2D eigenvalue weighted by molar-refractivity contribution is 0.0382. The Labute approximate surface area is 107 Å². The third kappa shape index (κ3) is 4.03. The van der Waals surface area contributed by atoms with E-state index in [4.69, 9.17) is 4.74 Å². The maximum atomic E-state index is 5.33. The van der Waals surface area contributed by atoms with Crippen molar-refractivity contribution in [2.45, 2.75) is 19.9 Å². The standard InChI is InChI=1S/C12H21N3OS/c1-10(12-9-17-11(2)14-12)13-3-4-15-5-7-16-8-6-15/h9-10,13H,3-8H2,1-2H3. The molecule has 0 aliphatic carbocycles. The minimum atomic E-state index is 0.348. The van der Waals surface area contributed by atoms with E-state index in [1.165, 1.54) is 0 Å². The van der Waals surface area contributed by atoms with Crippen LogP contribution in [0, 0.1) is 6.92 Å². The summed E-state index contributed by atoms with van der Waals surface area (Å²) < 4.78 is 5.33. The highest BCUT2D eigenvalue weighted by molar-refractivity contribution is 7.09. The van der Waals surface area contributed by atoms with Crippen LogP contribution in [0.5, 0.6) is 0 Å². The molecule has 0 bridgehead atoms. The van der Waals surface area contributed by atoms with Crippen LogP contribution in [-0.4, -0.2) is 49.3 Å². The van der Waals surface area contributed by atoms with E-state index in [2.05, 4.69) is 34.4 Å². The Morgan fingerprint density at radius 3 is 2.94 bits per heavy atom. The average molecular weight is 255 g/mol. The van der Waals surface area contributed by atoms with Gasteiger partial charge in [0, 0.05) is 37.6 Å². The summed E-state index contributed by atoms with van der Waals surface area (Å²) in [6, 6.07) is 0.348. The zero-order chi connectivity index (χ0) is 12.1. The first-order valence-corrected chi connectivity index (χ1v) is 7.09. The third-order valence-corrected chi connectivity index (χ3v) is 3.85. The van der Waals surface area contributed by atoms with Crippen molar-refractivity contribution >= 4 is 11.3 Å². The van der Waals surface area contributed by atoms with Gasteiger partial charge in [-0.15, -0.1) is 11.3 Å². The molecule has 2 rings (SSSR count). The van der Waals surface area contributed by atoms with Crippen molar-refractivity contribution in [2.24, 2.45) is 0 Å². The largest absolute Gasteiger partial charge is 0.379 e. The molecule has 1 unspecified atom stereocenters. The highest BCUT2D eigenvalue weighted by atomic mass is 32.1. The van der Waals surface area contributed by atoms with Crippen molar-refractivity contribution in [3.8, 4) is 0 Å². The van der Waals surface area contributed by atoms with Crippen molar-refractivity contribution in [2.75, 3.05) is 39.4 Å². The van der Waals surface area contributed by atoms with E-state index >= 15 is 0 Å². The lowest BCUT2D eigenvalue weighted by atomic mass is 10.2. The van der Waals surface area contributed by atoms with Gasteiger partial charge < -0.3 is 10.1 Å². The van der Waals surface area contributed by atoms with Crippen LogP contribution >= 0.6 is 11.3 Å². The topological polar surface area (TPSA) is 37.4 Å². The van der Waals surface area contributed by atoms with Crippen molar-refractivity contribution in [1.29, 1.82) is 0 Å². The summed E-state index contributed by atoms with van der Waals surface area (Å²) >= 11 is 1.72. The SMILES string of the molecule is Cc1nc(C(C)NCCN2CCOCC2)cs1. The maximum Gasteiger partial charge on any atom is 0.0898 e. The Balaban J connectivity index is 1.67. The van der Waals surface area contributed by atoms with Crippen molar-refractivity contribution in [1.82, 2.24) is 15.2 Å². The fourth-order valence-electron chi connectivity index (χ4n) is 1.95. The summed E-state index contributed by atoms with van der Waals surface area (Å²) in [4.78, 5) is 6.94. The van der Waals surface area contributed by atoms with Crippen LogP contribution in [0.25, 0.3) is 0 Å². The molecule has 1 aromatic rings. The first kappa shape index (κ1) is 13.0. The molecule has 0 amide bonds. The minimum absolute atomic E-state index is 0.348. The summed E-state index contributed by atoms with van der Waals surface area (Å²) in [5.74, 6) is 0. The molecule has 1 aliphatic rings. The fourth-order valence-corrected chi connectivity index (χ4v) is 2.65. The summed E-state index contributed by atoms with van der Waals surface area (Å²) in [7, 11) is 0. The molecule has 2 heterocycles. The smallest absolute Gasteiger partial charge is 0.0898 e. The zero-order valence-corrected chi connectivity index (χ0v) is 11.4. The number of morpholine rings is 1. The van der Waals surface area contributed by atoms with Crippen molar-refractivity contribution < 1.29 is 4.74 Å². The number of rotatable bonds is 5. The molecule has 1 atom stereocenters. The molecule has 1 N–H and O–H groups in total. The molecular formula is C12H21N3OS. The highest BCUT2D eigenvalue weighted by Crippen LogP contribution is 2.15. The molecule has 5 heteroatoms. The van der Waals surface area contributed by atoms with Crippen LogP contribution in [0.15, 0.2) is 5.38 Å². The molecule has 1 aromatic heterocycles. The molecule has 96 valence electrons. The van der Waals surface area contributed by atoms with Gasteiger partial charge in [0.15, 0.2) is 0 Å². The number of thiazole rings is 1. The van der Waals surface area contributed by atoms with Gasteiger partial charge in [0.25, 0.3) is 0 Å². The third-order valence-electron chi connectivity index (χ3n) is 3.06. The van der Waals surface area contributed by atoms with E-state index in [9.17, 15) is 0 Å². The van der Waals surface area contributed by atoms with Gasteiger partial charge in [-0.2, -0.15) is 0 Å². The Morgan fingerprint density at radius 2 is 2.29 bits per heavy atom. The van der Waals surface area contributed by atoms with E-state index < -0.39 is 0 Å². The number of nitrogens with one attached hydrogen (secondary N) is 1. The highest BCUT2D eigenvalue weighted by Gasteiger charge is 2.11. The van der Waals surface area contributed by atoms with Gasteiger partial charge in [0.1, 0.15) is 0 Å². The van der Waals surface area contributed by atoms with Gasteiger partial charge in [0.05, 0.1) is 23.9 Å². The van der Waals surface area contributed by atoms with Gasteiger partial charge in [-0.3, -0.25) is 4.90 Å². The molecule has 4 nitrogen and oxygen atoms in total. The molecular weight excluding hydrogens is 234 g/mol. The molecule has 1 aliphatic heterocycles. The number of aromatic nitrogens is 1. The molecule has 0 saturated carbocycles. The number of nitrogens with zero attached hydrogens (tertiary/aromatic N) is 2. The Hall–Kier alpha value is -0.490. The molecule has 0 aromatic carbocycles. The van der Waals surface area contributed by atoms with E-state index in [1.807, 2.05) is 0 Å². The van der Waals surface area contributed by atoms with Crippen LogP contribution in [0.3, 0.4) is 0 Å². The van der Waals surface area contributed by atoms with E-state index in [0.29, 0.717) is 6.04 Å². The summed E-state index contributed by atoms with van der Waals surface area (Å²) in [5.41, 5.74) is 1.16. The second kappa shape index (κ2) is 6.44. The first-order valence-electron chi connectivity index (χ1n) is 6.21. The average Bonchev–Trinajstić information content (AvgIpc) is 2.77. The number of aryl methyl sites for hydroxylation is 1. The number of ether oxygens (including phenoxy) is 1. The van der Waals surface area contributed by atoms with E-state index in [0.717, 1.165) is 50.1 Å². The van der Waals surface area contributed by atoms with Gasteiger partial charge in [-0.1, -0.05) is 0 Å². The Kier molecular flexibility index (Phi) is 4.91. The van der Waals surface area contributed by atoms with Crippen LogP contribution in [0.4, 0.5) is 0 Å². The molecule has 0 spiro atoms. The van der Waals surface area contributed by atoms with Crippen molar-refractivity contribution in [3.63, 3.8) is 0 Å². The normalized spacial score (nSPS) is 19.4. The Bertz CT molecular complexity index is 336. The van der Waals surface area contributed by atoms with Gasteiger partial charge in [-0.25, -0.2) is 4.98 Å². The second-order valence-corrected chi connectivity index (χ2v) is 5.48. The molecule has 17 heavy (non-hydrogen) atoms. The van der Waals surface area contributed by atoms with Crippen LogP contribution in [-0.2, 0) is 4.74 Å². The zero-order valence-electron chi connectivity index (χ0n) is 10.6. The van der Waals surface area contributed by atoms with Crippen LogP contribution in [0.1, 0.15) is 23.7 Å². The van der Waals surface area contributed by atoms with E-state index in [-0.39, 0.29) is 0 Å². The van der Waals surface area contributed by atoms with Gasteiger partial charge in [0.2, 0.25) is 0 Å². The Morgan fingerprint density at radius 1 is 1.53 bits per heavy atom.